The topological polar surface area (TPSA) is 41.1 Å². The highest BCUT2D eigenvalue weighted by Crippen LogP contribution is 2.46. The summed E-state index contributed by atoms with van der Waals surface area (Å²) in [4.78, 5) is 12.4. The Labute approximate surface area is 108 Å². The van der Waals surface area contributed by atoms with E-state index in [-0.39, 0.29) is 5.41 Å². The molecule has 0 aromatic rings. The van der Waals surface area contributed by atoms with E-state index in [0.717, 1.165) is 38.9 Å². The van der Waals surface area contributed by atoms with Crippen molar-refractivity contribution in [3.63, 3.8) is 0 Å². The number of hydrogen-bond donors (Lipinski definition) is 2. The van der Waals surface area contributed by atoms with E-state index in [1.54, 1.807) is 0 Å². The summed E-state index contributed by atoms with van der Waals surface area (Å²) in [6, 6.07) is 0. The molecule has 0 bridgehead atoms. The summed E-state index contributed by atoms with van der Waals surface area (Å²) in [5.74, 6) is 0.293. The van der Waals surface area contributed by atoms with Crippen LogP contribution in [0.25, 0.3) is 0 Å². The van der Waals surface area contributed by atoms with Gasteiger partial charge in [0.25, 0.3) is 0 Å². The maximum Gasteiger partial charge on any atom is 0.226 e. The van der Waals surface area contributed by atoms with Crippen molar-refractivity contribution in [2.24, 2.45) is 5.41 Å². The molecule has 2 N–H and O–H groups in total. The molecule has 2 aliphatic rings. The van der Waals surface area contributed by atoms with Gasteiger partial charge in [0.15, 0.2) is 0 Å². The Kier molecular flexibility index (Phi) is 4.03. The SMILES string of the molecule is CCC1(C(=O)NCC2(SC)CC2)CCNCC1. The van der Waals surface area contributed by atoms with Gasteiger partial charge in [-0.25, -0.2) is 0 Å². The zero-order valence-electron chi connectivity index (χ0n) is 11.0. The Morgan fingerprint density at radius 3 is 2.41 bits per heavy atom. The Bertz CT molecular complexity index is 283. The van der Waals surface area contributed by atoms with Gasteiger partial charge in [0.2, 0.25) is 5.91 Å². The molecule has 1 saturated heterocycles. The number of amides is 1. The third-order valence-electron chi connectivity index (χ3n) is 4.53. The second kappa shape index (κ2) is 5.19. The zero-order chi connectivity index (χ0) is 12.4. The van der Waals surface area contributed by atoms with Gasteiger partial charge in [0, 0.05) is 11.3 Å². The molecule has 0 aromatic heterocycles. The lowest BCUT2D eigenvalue weighted by Crippen LogP contribution is -2.48. The van der Waals surface area contributed by atoms with Crippen LogP contribution in [0.1, 0.15) is 39.0 Å². The molecule has 0 atom stereocenters. The second-order valence-corrected chi connectivity index (χ2v) is 6.73. The lowest BCUT2D eigenvalue weighted by atomic mass is 9.76. The lowest BCUT2D eigenvalue weighted by Gasteiger charge is -2.35. The van der Waals surface area contributed by atoms with Gasteiger partial charge in [-0.3, -0.25) is 4.79 Å². The van der Waals surface area contributed by atoms with E-state index in [1.807, 2.05) is 11.8 Å². The summed E-state index contributed by atoms with van der Waals surface area (Å²) >= 11 is 1.91. The van der Waals surface area contributed by atoms with Gasteiger partial charge in [-0.2, -0.15) is 11.8 Å². The van der Waals surface area contributed by atoms with Crippen molar-refractivity contribution in [1.29, 1.82) is 0 Å². The summed E-state index contributed by atoms with van der Waals surface area (Å²) in [5, 5.41) is 6.55. The quantitative estimate of drug-likeness (QED) is 0.788. The van der Waals surface area contributed by atoms with Crippen LogP contribution in [-0.4, -0.2) is 36.5 Å². The molecular weight excluding hydrogens is 232 g/mol. The van der Waals surface area contributed by atoms with Crippen LogP contribution in [0.5, 0.6) is 0 Å². The minimum absolute atomic E-state index is 0.0975. The van der Waals surface area contributed by atoms with E-state index in [4.69, 9.17) is 0 Å². The van der Waals surface area contributed by atoms with Crippen LogP contribution in [0.15, 0.2) is 0 Å². The number of thioether (sulfide) groups is 1. The van der Waals surface area contributed by atoms with E-state index >= 15 is 0 Å². The van der Waals surface area contributed by atoms with Gasteiger partial charge in [-0.15, -0.1) is 0 Å². The predicted octanol–water partition coefficient (Wildman–Crippen LogP) is 1.78. The maximum atomic E-state index is 12.4. The van der Waals surface area contributed by atoms with Crippen LogP contribution in [0.2, 0.25) is 0 Å². The van der Waals surface area contributed by atoms with E-state index in [0.29, 0.717) is 10.7 Å². The fourth-order valence-corrected chi connectivity index (χ4v) is 3.39. The second-order valence-electron chi connectivity index (χ2n) is 5.45. The van der Waals surface area contributed by atoms with Crippen LogP contribution >= 0.6 is 11.8 Å². The summed E-state index contributed by atoms with van der Waals surface area (Å²) in [7, 11) is 0. The van der Waals surface area contributed by atoms with Crippen LogP contribution in [0, 0.1) is 5.41 Å². The van der Waals surface area contributed by atoms with Gasteiger partial charge in [0.1, 0.15) is 0 Å². The molecule has 1 amide bonds. The molecule has 1 aliphatic heterocycles. The number of hydrogen-bond acceptors (Lipinski definition) is 3. The zero-order valence-corrected chi connectivity index (χ0v) is 11.8. The monoisotopic (exact) mass is 256 g/mol. The number of carbonyl (C=O) groups excluding carboxylic acids is 1. The number of nitrogens with one attached hydrogen (secondary N) is 2. The van der Waals surface area contributed by atoms with Crippen LogP contribution < -0.4 is 10.6 Å². The van der Waals surface area contributed by atoms with Crippen molar-refractivity contribution in [2.45, 2.75) is 43.8 Å². The molecule has 2 fully saturated rings. The number of piperidine rings is 1. The van der Waals surface area contributed by atoms with Crippen molar-refractivity contribution < 1.29 is 4.79 Å². The van der Waals surface area contributed by atoms with Gasteiger partial charge in [0.05, 0.1) is 5.41 Å². The van der Waals surface area contributed by atoms with E-state index in [1.165, 1.54) is 12.8 Å². The summed E-state index contributed by atoms with van der Waals surface area (Å²) < 4.78 is 0.373. The molecule has 0 spiro atoms. The molecular formula is C13H24N2OS. The van der Waals surface area contributed by atoms with Crippen molar-refractivity contribution in [2.75, 3.05) is 25.9 Å². The Morgan fingerprint density at radius 1 is 1.29 bits per heavy atom. The van der Waals surface area contributed by atoms with Crippen molar-refractivity contribution in [1.82, 2.24) is 10.6 Å². The molecule has 2 rings (SSSR count). The third kappa shape index (κ3) is 2.79. The highest BCUT2D eigenvalue weighted by molar-refractivity contribution is 8.00. The van der Waals surface area contributed by atoms with Gasteiger partial charge in [-0.1, -0.05) is 6.92 Å². The summed E-state index contributed by atoms with van der Waals surface area (Å²) in [6.07, 6.45) is 7.61. The largest absolute Gasteiger partial charge is 0.354 e. The summed E-state index contributed by atoms with van der Waals surface area (Å²) in [5.41, 5.74) is -0.0975. The molecule has 1 heterocycles. The fraction of sp³-hybridized carbons (Fsp3) is 0.923. The Morgan fingerprint density at radius 2 is 1.94 bits per heavy atom. The van der Waals surface area contributed by atoms with Crippen molar-refractivity contribution >= 4 is 17.7 Å². The number of rotatable bonds is 5. The Balaban J connectivity index is 1.88. The standard InChI is InChI=1S/C13H24N2OS/c1-3-12(6-8-14-9-7-12)11(16)15-10-13(17-2)4-5-13/h14H,3-10H2,1-2H3,(H,15,16). The van der Waals surface area contributed by atoms with Crippen molar-refractivity contribution in [3.05, 3.63) is 0 Å². The third-order valence-corrected chi connectivity index (χ3v) is 5.95. The molecule has 98 valence electrons. The van der Waals surface area contributed by atoms with Gasteiger partial charge in [-0.05, 0) is 51.4 Å². The molecule has 0 unspecified atom stereocenters. The highest BCUT2D eigenvalue weighted by atomic mass is 32.2. The van der Waals surface area contributed by atoms with Gasteiger partial charge >= 0.3 is 0 Å². The number of carbonyl (C=O) groups is 1. The first-order chi connectivity index (χ1) is 8.16. The fourth-order valence-electron chi connectivity index (χ4n) is 2.67. The van der Waals surface area contributed by atoms with Crippen LogP contribution in [0.3, 0.4) is 0 Å². The minimum Gasteiger partial charge on any atom is -0.354 e. The predicted molar refractivity (Wildman–Crippen MR) is 73.3 cm³/mol. The van der Waals surface area contributed by atoms with Crippen LogP contribution in [-0.2, 0) is 4.79 Å². The molecule has 1 saturated carbocycles. The molecule has 0 radical (unpaired) electrons. The molecule has 0 aromatic carbocycles. The first kappa shape index (κ1) is 13.2. The smallest absolute Gasteiger partial charge is 0.226 e. The molecule has 1 aliphatic carbocycles. The normalized spacial score (nSPS) is 25.3. The average molecular weight is 256 g/mol. The van der Waals surface area contributed by atoms with Gasteiger partial charge < -0.3 is 10.6 Å². The average Bonchev–Trinajstić information content (AvgIpc) is 3.17. The maximum absolute atomic E-state index is 12.4. The van der Waals surface area contributed by atoms with E-state index < -0.39 is 0 Å². The highest BCUT2D eigenvalue weighted by Gasteiger charge is 2.44. The molecule has 4 heteroatoms. The molecule has 3 nitrogen and oxygen atoms in total. The lowest BCUT2D eigenvalue weighted by molar-refractivity contribution is -0.132. The van der Waals surface area contributed by atoms with E-state index in [9.17, 15) is 4.79 Å². The Hall–Kier alpha value is -0.220. The molecule has 17 heavy (non-hydrogen) atoms. The van der Waals surface area contributed by atoms with Crippen molar-refractivity contribution in [3.8, 4) is 0 Å². The summed E-state index contributed by atoms with van der Waals surface area (Å²) in [6.45, 7) is 4.97. The van der Waals surface area contributed by atoms with Crippen LogP contribution in [0.4, 0.5) is 0 Å². The minimum atomic E-state index is -0.0975. The first-order valence-corrected chi connectivity index (χ1v) is 7.93. The first-order valence-electron chi connectivity index (χ1n) is 6.71. The van der Waals surface area contributed by atoms with E-state index in [2.05, 4.69) is 23.8 Å².